The first kappa shape index (κ1) is 11.5. The fraction of sp³-hybridized carbons (Fsp3) is 0.400. The third kappa shape index (κ3) is 1.58. The molecule has 0 N–H and O–H groups in total. The summed E-state index contributed by atoms with van der Waals surface area (Å²) in [7, 11) is 2.13. The highest BCUT2D eigenvalue weighted by Crippen LogP contribution is 2.30. The van der Waals surface area contributed by atoms with E-state index in [1.165, 1.54) is 16.6 Å². The summed E-state index contributed by atoms with van der Waals surface area (Å²) in [5, 5.41) is 1.11. The van der Waals surface area contributed by atoms with Crippen LogP contribution in [0.1, 0.15) is 35.3 Å². The molecule has 3 rings (SSSR count). The van der Waals surface area contributed by atoms with Gasteiger partial charge in [0.05, 0.1) is 0 Å². The normalized spacial score (nSPS) is 15.3. The zero-order valence-electron chi connectivity index (χ0n) is 11.2. The fourth-order valence-electron chi connectivity index (χ4n) is 2.90. The Kier molecular flexibility index (Phi) is 2.52. The van der Waals surface area contributed by atoms with Crippen molar-refractivity contribution in [2.24, 2.45) is 0 Å². The summed E-state index contributed by atoms with van der Waals surface area (Å²) in [6.45, 7) is 6.66. The van der Waals surface area contributed by atoms with Gasteiger partial charge < -0.3 is 4.57 Å². The number of benzene rings is 1. The number of hydrogen-bond acceptors (Lipinski definition) is 2. The van der Waals surface area contributed by atoms with Gasteiger partial charge in [-0.2, -0.15) is 0 Å². The minimum Gasteiger partial charge on any atom is -0.347 e. The highest BCUT2D eigenvalue weighted by molar-refractivity contribution is 6.07. The molecule has 0 atom stereocenters. The van der Waals surface area contributed by atoms with E-state index in [0.29, 0.717) is 0 Å². The van der Waals surface area contributed by atoms with Gasteiger partial charge in [-0.05, 0) is 44.2 Å². The highest BCUT2D eigenvalue weighted by Gasteiger charge is 2.19. The molecule has 1 aromatic heterocycles. The van der Waals surface area contributed by atoms with Crippen LogP contribution in [0, 0.1) is 0 Å². The van der Waals surface area contributed by atoms with Crippen LogP contribution < -0.4 is 0 Å². The molecule has 2 heterocycles. The van der Waals surface area contributed by atoms with E-state index < -0.39 is 0 Å². The average molecular weight is 242 g/mol. The summed E-state index contributed by atoms with van der Waals surface area (Å²) >= 11 is 0. The first-order valence-corrected chi connectivity index (χ1v) is 6.44. The number of fused-ring (bicyclic) bond motifs is 2. The molecule has 3 heteroatoms. The molecule has 0 aliphatic carbocycles. The lowest BCUT2D eigenvalue weighted by atomic mass is 10.0. The van der Waals surface area contributed by atoms with Crippen LogP contribution in [0.25, 0.3) is 10.9 Å². The molecule has 0 spiro atoms. The lowest BCUT2D eigenvalue weighted by molar-refractivity contribution is 0.101. The molecular formula is C15H18N2O. The lowest BCUT2D eigenvalue weighted by Crippen LogP contribution is -2.07. The molecule has 94 valence electrons. The molecule has 0 saturated heterocycles. The Bertz CT molecular complexity index is 639. The molecule has 0 amide bonds. The van der Waals surface area contributed by atoms with Crippen LogP contribution >= 0.6 is 0 Å². The number of ketones is 1. The van der Waals surface area contributed by atoms with E-state index in [-0.39, 0.29) is 5.78 Å². The molecule has 2 aromatic rings. The predicted octanol–water partition coefficient (Wildman–Crippen LogP) is 2.81. The van der Waals surface area contributed by atoms with Gasteiger partial charge in [0.2, 0.25) is 0 Å². The van der Waals surface area contributed by atoms with Gasteiger partial charge in [-0.25, -0.2) is 0 Å². The molecule has 1 aliphatic heterocycles. The largest absolute Gasteiger partial charge is 0.347 e. The Morgan fingerprint density at radius 1 is 1.28 bits per heavy atom. The second-order valence-corrected chi connectivity index (χ2v) is 5.20. The maximum atomic E-state index is 11.7. The number of rotatable bonds is 2. The minimum atomic E-state index is 0.151. The van der Waals surface area contributed by atoms with Crippen molar-refractivity contribution < 1.29 is 4.79 Å². The zero-order chi connectivity index (χ0) is 12.9. The summed E-state index contributed by atoms with van der Waals surface area (Å²) in [6.07, 6.45) is 1.99. The molecule has 0 bridgehead atoms. The maximum absolute atomic E-state index is 11.7. The Balaban J connectivity index is 2.29. The molecule has 0 unspecified atom stereocenters. The van der Waals surface area contributed by atoms with Crippen molar-refractivity contribution >= 4 is 16.7 Å². The van der Waals surface area contributed by atoms with Gasteiger partial charge in [0.15, 0.2) is 5.78 Å². The number of hydrogen-bond donors (Lipinski definition) is 0. The second kappa shape index (κ2) is 3.95. The standard InChI is InChI=1S/C15H18N2O/c1-4-17-9-14(10(2)18)13-5-11-7-16(3)8-12(11)6-15(13)17/h5-6,9H,4,7-8H2,1-3H3. The van der Waals surface area contributed by atoms with Gasteiger partial charge in [0, 0.05) is 42.3 Å². The van der Waals surface area contributed by atoms with Crippen molar-refractivity contribution in [3.63, 3.8) is 0 Å². The van der Waals surface area contributed by atoms with Crippen molar-refractivity contribution in [1.82, 2.24) is 9.47 Å². The molecule has 1 aliphatic rings. The van der Waals surface area contributed by atoms with E-state index in [0.717, 1.165) is 30.6 Å². The van der Waals surface area contributed by atoms with Crippen LogP contribution in [-0.4, -0.2) is 22.3 Å². The number of aryl methyl sites for hydroxylation is 1. The Hall–Kier alpha value is -1.61. The average Bonchev–Trinajstić information content (AvgIpc) is 2.84. The van der Waals surface area contributed by atoms with Crippen molar-refractivity contribution in [3.8, 4) is 0 Å². The third-order valence-corrected chi connectivity index (χ3v) is 3.80. The topological polar surface area (TPSA) is 25.2 Å². The third-order valence-electron chi connectivity index (χ3n) is 3.80. The lowest BCUT2D eigenvalue weighted by Gasteiger charge is -2.03. The monoisotopic (exact) mass is 242 g/mol. The van der Waals surface area contributed by atoms with Crippen LogP contribution in [0.3, 0.4) is 0 Å². The van der Waals surface area contributed by atoms with E-state index in [1.54, 1.807) is 6.92 Å². The summed E-state index contributed by atoms with van der Waals surface area (Å²) in [6, 6.07) is 4.46. The van der Waals surface area contributed by atoms with Crippen molar-refractivity contribution in [3.05, 3.63) is 35.0 Å². The minimum absolute atomic E-state index is 0.151. The van der Waals surface area contributed by atoms with Gasteiger partial charge in [-0.15, -0.1) is 0 Å². The van der Waals surface area contributed by atoms with E-state index in [4.69, 9.17) is 0 Å². The van der Waals surface area contributed by atoms with Gasteiger partial charge >= 0.3 is 0 Å². The smallest absolute Gasteiger partial charge is 0.161 e. The maximum Gasteiger partial charge on any atom is 0.161 e. The first-order valence-electron chi connectivity index (χ1n) is 6.44. The van der Waals surface area contributed by atoms with Crippen LogP contribution in [-0.2, 0) is 19.6 Å². The van der Waals surface area contributed by atoms with Crippen molar-refractivity contribution in [1.29, 1.82) is 0 Å². The van der Waals surface area contributed by atoms with Gasteiger partial charge in [0.25, 0.3) is 0 Å². The predicted molar refractivity (Wildman–Crippen MR) is 72.8 cm³/mol. The number of Topliss-reactive ketones (excluding diaryl/α,β-unsaturated/α-hetero) is 1. The van der Waals surface area contributed by atoms with Crippen LogP contribution in [0.5, 0.6) is 0 Å². The fourth-order valence-corrected chi connectivity index (χ4v) is 2.90. The number of nitrogens with zero attached hydrogens (tertiary/aromatic N) is 2. The Labute approximate surface area is 107 Å². The second-order valence-electron chi connectivity index (χ2n) is 5.20. The van der Waals surface area contributed by atoms with E-state index >= 15 is 0 Å². The highest BCUT2D eigenvalue weighted by atomic mass is 16.1. The summed E-state index contributed by atoms with van der Waals surface area (Å²) < 4.78 is 2.17. The summed E-state index contributed by atoms with van der Waals surface area (Å²) in [5.74, 6) is 0.151. The van der Waals surface area contributed by atoms with Crippen LogP contribution in [0.2, 0.25) is 0 Å². The van der Waals surface area contributed by atoms with E-state index in [2.05, 4.69) is 35.6 Å². The van der Waals surface area contributed by atoms with E-state index in [9.17, 15) is 4.79 Å². The number of carbonyl (C=O) groups is 1. The number of carbonyl (C=O) groups excluding carboxylic acids is 1. The van der Waals surface area contributed by atoms with E-state index in [1.807, 2.05) is 6.20 Å². The van der Waals surface area contributed by atoms with Crippen molar-refractivity contribution in [2.45, 2.75) is 33.5 Å². The summed E-state index contributed by atoms with van der Waals surface area (Å²) in [5.41, 5.74) is 4.80. The van der Waals surface area contributed by atoms with Crippen LogP contribution in [0.15, 0.2) is 18.3 Å². The quantitative estimate of drug-likeness (QED) is 0.757. The Morgan fingerprint density at radius 3 is 2.56 bits per heavy atom. The molecule has 1 aromatic carbocycles. The molecule has 0 radical (unpaired) electrons. The molecule has 3 nitrogen and oxygen atoms in total. The SMILES string of the molecule is CCn1cc(C(C)=O)c2cc3c(cc21)CN(C)C3. The summed E-state index contributed by atoms with van der Waals surface area (Å²) in [4.78, 5) is 14.0. The van der Waals surface area contributed by atoms with Crippen LogP contribution in [0.4, 0.5) is 0 Å². The van der Waals surface area contributed by atoms with Crippen molar-refractivity contribution in [2.75, 3.05) is 7.05 Å². The molecule has 18 heavy (non-hydrogen) atoms. The number of aromatic nitrogens is 1. The molecule has 0 fully saturated rings. The molecule has 0 saturated carbocycles. The zero-order valence-corrected chi connectivity index (χ0v) is 11.2. The first-order chi connectivity index (χ1) is 8.60. The Morgan fingerprint density at radius 2 is 1.94 bits per heavy atom. The van der Waals surface area contributed by atoms with Gasteiger partial charge in [-0.1, -0.05) is 0 Å². The molecular weight excluding hydrogens is 224 g/mol. The van der Waals surface area contributed by atoms with Gasteiger partial charge in [-0.3, -0.25) is 9.69 Å². The van der Waals surface area contributed by atoms with Gasteiger partial charge in [0.1, 0.15) is 0 Å².